The van der Waals surface area contributed by atoms with Crippen LogP contribution in [0.5, 0.6) is 0 Å². The summed E-state index contributed by atoms with van der Waals surface area (Å²) >= 11 is 0. The second-order valence-corrected chi connectivity index (χ2v) is 11.6. The third-order valence-electron chi connectivity index (χ3n) is 9.01. The molecular formula is C32H43FN6O3. The van der Waals surface area contributed by atoms with Gasteiger partial charge in [-0.1, -0.05) is 83.1 Å². The molecule has 2 fully saturated rings. The van der Waals surface area contributed by atoms with Gasteiger partial charge in [0.15, 0.2) is 0 Å². The fourth-order valence-corrected chi connectivity index (χ4v) is 6.97. The summed E-state index contributed by atoms with van der Waals surface area (Å²) in [5.74, 6) is -1.76. The Kier molecular flexibility index (Phi) is 7.76. The molecule has 2 saturated carbocycles. The number of aryl methyl sites for hydroxylation is 3. The topological polar surface area (TPSA) is 126 Å². The molecule has 3 heterocycles. The number of nitrogens with one attached hydrogen (secondary N) is 3. The van der Waals surface area contributed by atoms with Gasteiger partial charge >= 0.3 is 0 Å². The molecule has 0 aromatic carbocycles. The highest BCUT2D eigenvalue weighted by Crippen LogP contribution is 2.42. The first kappa shape index (κ1) is 23.9. The van der Waals surface area contributed by atoms with Crippen LogP contribution in [0.4, 0.5) is 10.2 Å². The van der Waals surface area contributed by atoms with Crippen LogP contribution in [-0.4, -0.2) is 38.2 Å². The minimum atomic E-state index is -3.05. The van der Waals surface area contributed by atoms with Gasteiger partial charge in [-0.3, -0.25) is 14.7 Å². The maximum Gasteiger partial charge on any atom is 0.257 e. The number of carbonyl (C=O) groups is 2. The molecule has 0 unspecified atom stereocenters. The summed E-state index contributed by atoms with van der Waals surface area (Å²) in [6.45, 7) is 0.319. The molecule has 2 aliphatic carbocycles. The number of aromatic amines is 1. The summed E-state index contributed by atoms with van der Waals surface area (Å²) in [6.07, 6.45) is 9.30. The van der Waals surface area contributed by atoms with Crippen LogP contribution < -0.4 is 10.6 Å². The van der Waals surface area contributed by atoms with Crippen molar-refractivity contribution in [3.05, 3.63) is 47.0 Å². The van der Waals surface area contributed by atoms with Crippen LogP contribution in [0.15, 0.2) is 22.9 Å². The Labute approximate surface area is 253 Å². The van der Waals surface area contributed by atoms with Crippen LogP contribution in [0.1, 0.15) is 112 Å². The normalized spacial score (nSPS) is 19.8. The van der Waals surface area contributed by atoms with E-state index in [4.69, 9.17) is 11.4 Å². The van der Waals surface area contributed by atoms with Crippen LogP contribution >= 0.6 is 0 Å². The van der Waals surface area contributed by atoms with Gasteiger partial charge in [-0.15, -0.1) is 0 Å². The summed E-state index contributed by atoms with van der Waals surface area (Å²) in [5, 5.41) is 16.1. The van der Waals surface area contributed by atoms with Crippen molar-refractivity contribution in [2.24, 2.45) is 17.8 Å². The van der Waals surface area contributed by atoms with Gasteiger partial charge in [-0.25, -0.2) is 4.98 Å². The Morgan fingerprint density at radius 3 is 2.45 bits per heavy atom. The number of halogens is 1. The highest BCUT2D eigenvalue weighted by atomic mass is 19.1. The van der Waals surface area contributed by atoms with E-state index < -0.39 is 42.7 Å². The molecule has 0 spiro atoms. The molecule has 0 saturated heterocycles. The van der Waals surface area contributed by atoms with Gasteiger partial charge in [0.05, 0.1) is 11.4 Å². The number of H-pyrrole nitrogens is 1. The van der Waals surface area contributed by atoms with Gasteiger partial charge in [0.2, 0.25) is 11.9 Å². The van der Waals surface area contributed by atoms with Crippen LogP contribution in [-0.2, 0) is 17.6 Å². The lowest BCUT2D eigenvalue weighted by Crippen LogP contribution is -2.53. The summed E-state index contributed by atoms with van der Waals surface area (Å²) in [6, 6.07) is 1.77. The van der Waals surface area contributed by atoms with Gasteiger partial charge in [0, 0.05) is 23.7 Å². The number of pyridine rings is 1. The van der Waals surface area contributed by atoms with E-state index in [2.05, 4.69) is 31.0 Å². The molecular weight excluding hydrogens is 535 g/mol. The van der Waals surface area contributed by atoms with Gasteiger partial charge in [-0.05, 0) is 49.6 Å². The van der Waals surface area contributed by atoms with Crippen LogP contribution in [0, 0.1) is 30.6 Å². The van der Waals surface area contributed by atoms with Crippen molar-refractivity contribution in [3.63, 3.8) is 0 Å². The number of hydrogen-bond donors (Lipinski definition) is 3. The van der Waals surface area contributed by atoms with Crippen molar-refractivity contribution in [2.45, 2.75) is 104 Å². The van der Waals surface area contributed by atoms with Crippen molar-refractivity contribution in [1.82, 2.24) is 25.7 Å². The van der Waals surface area contributed by atoms with Crippen LogP contribution in [0.2, 0.25) is 0 Å². The first-order chi connectivity index (χ1) is 22.3. The third-order valence-corrected chi connectivity index (χ3v) is 9.01. The largest absolute Gasteiger partial charge is 0.364 e. The van der Waals surface area contributed by atoms with E-state index in [9.17, 15) is 9.59 Å². The average Bonchev–Trinajstić information content (AvgIpc) is 3.68. The van der Waals surface area contributed by atoms with Gasteiger partial charge in [0.1, 0.15) is 23.7 Å². The molecule has 2 amide bonds. The summed E-state index contributed by atoms with van der Waals surface area (Å²) in [5.41, 5.74) is 0.352. The van der Waals surface area contributed by atoms with Crippen LogP contribution in [0.25, 0.3) is 11.1 Å². The van der Waals surface area contributed by atoms with E-state index in [1.165, 1.54) is 25.3 Å². The number of amides is 2. The predicted molar refractivity (Wildman–Crippen MR) is 158 cm³/mol. The maximum absolute atomic E-state index is 15.7. The van der Waals surface area contributed by atoms with E-state index in [0.29, 0.717) is 12.1 Å². The van der Waals surface area contributed by atoms with Crippen molar-refractivity contribution >= 4 is 17.6 Å². The Balaban J connectivity index is 1.47. The zero-order valence-electron chi connectivity index (χ0n) is 29.3. The molecule has 3 N–H and O–H groups in total. The molecule has 226 valence electrons. The van der Waals surface area contributed by atoms with E-state index in [1.54, 1.807) is 0 Å². The molecule has 1 atom stereocenters. The van der Waals surface area contributed by atoms with Crippen molar-refractivity contribution in [3.8, 4) is 11.1 Å². The molecule has 5 rings (SSSR count). The second kappa shape index (κ2) is 13.6. The predicted octanol–water partition coefficient (Wildman–Crippen LogP) is 6.55. The Morgan fingerprint density at radius 2 is 1.83 bits per heavy atom. The molecule has 42 heavy (non-hydrogen) atoms. The average molecular weight is 584 g/mol. The zero-order valence-corrected chi connectivity index (χ0v) is 24.3. The van der Waals surface area contributed by atoms with Crippen molar-refractivity contribution in [2.75, 3.05) is 5.32 Å². The monoisotopic (exact) mass is 583 g/mol. The van der Waals surface area contributed by atoms with Gasteiger partial charge < -0.3 is 15.2 Å². The Hall–Kier alpha value is -3.56. The Morgan fingerprint density at radius 1 is 1.14 bits per heavy atom. The number of nitrogens with zero attached hydrogens (tertiary/aromatic N) is 3. The number of carbonyl (C=O) groups excluding carboxylic acids is 2. The minimum Gasteiger partial charge on any atom is -0.364 e. The lowest BCUT2D eigenvalue weighted by atomic mass is 9.66. The van der Waals surface area contributed by atoms with Crippen molar-refractivity contribution in [1.29, 1.82) is 0 Å². The first-order valence-electron chi connectivity index (χ1n) is 17.6. The highest BCUT2D eigenvalue weighted by Gasteiger charge is 2.41. The third kappa shape index (κ3) is 6.42. The highest BCUT2D eigenvalue weighted by molar-refractivity contribution is 6.01. The number of aromatic nitrogens is 4. The van der Waals surface area contributed by atoms with Crippen molar-refractivity contribution < 1.29 is 25.4 Å². The molecule has 0 bridgehead atoms. The second-order valence-electron chi connectivity index (χ2n) is 11.6. The SMILES string of the molecule is [2H]C([2H])([2H])C([2H])([2H])c1[nH]nc(C)c1-c1ccc(NC(=O)[C@@H](NC(=O)c2conc2CC)C(C2CCCCC2)C2CCCCC2)nc1F. The maximum atomic E-state index is 15.7. The summed E-state index contributed by atoms with van der Waals surface area (Å²) < 4.78 is 60.1. The van der Waals surface area contributed by atoms with E-state index >= 15 is 4.39 Å². The van der Waals surface area contributed by atoms with E-state index in [1.807, 2.05) is 6.92 Å². The fourth-order valence-electron chi connectivity index (χ4n) is 6.97. The van der Waals surface area contributed by atoms with Crippen LogP contribution in [0.3, 0.4) is 0 Å². The first-order valence-corrected chi connectivity index (χ1v) is 15.1. The number of hydrogen-bond acceptors (Lipinski definition) is 6. The lowest BCUT2D eigenvalue weighted by molar-refractivity contribution is -0.121. The molecule has 0 radical (unpaired) electrons. The zero-order chi connectivity index (χ0) is 33.9. The fraction of sp³-hybridized carbons (Fsp3) is 0.594. The summed E-state index contributed by atoms with van der Waals surface area (Å²) in [7, 11) is 0. The van der Waals surface area contributed by atoms with E-state index in [-0.39, 0.29) is 46.0 Å². The van der Waals surface area contributed by atoms with E-state index in [0.717, 1.165) is 64.2 Å². The quantitative estimate of drug-likeness (QED) is 0.233. The Bertz CT molecular complexity index is 1540. The number of anilines is 1. The minimum absolute atomic E-state index is 0.0470. The molecule has 9 nitrogen and oxygen atoms in total. The number of rotatable bonds is 10. The lowest BCUT2D eigenvalue weighted by Gasteiger charge is -2.41. The molecule has 3 aromatic rings. The molecule has 3 aromatic heterocycles. The summed E-state index contributed by atoms with van der Waals surface area (Å²) in [4.78, 5) is 31.8. The van der Waals surface area contributed by atoms with Gasteiger partial charge in [0.25, 0.3) is 5.91 Å². The standard InChI is InChI=1S/C32H43FN6O3/c1-4-24-23(18-42-39-24)31(40)36-29(28(20-12-8-6-9-13-20)21-14-10-7-11-15-21)32(41)35-26-17-16-22(30(33)34-26)27-19(3)37-38-25(27)5-2/h16-18,20-21,28-29H,4-15H2,1-3H3,(H,36,40)(H,37,38)(H,34,35,41)/t29-/m0/s1/i2D3,5D2. The molecule has 10 heteroatoms. The van der Waals surface area contributed by atoms with Gasteiger partial charge in [-0.2, -0.15) is 9.49 Å². The molecule has 0 aliphatic heterocycles. The smallest absolute Gasteiger partial charge is 0.257 e. The molecule has 2 aliphatic rings.